The molecule has 22 heavy (non-hydrogen) atoms. The molecule has 8 heteroatoms. The Morgan fingerprint density at radius 2 is 2.09 bits per heavy atom. The molecule has 4 nitrogen and oxygen atoms in total. The number of carbonyl (C=O) groups excluding carboxylic acids is 1. The van der Waals surface area contributed by atoms with Gasteiger partial charge < -0.3 is 10.6 Å². The van der Waals surface area contributed by atoms with Crippen LogP contribution in [0.25, 0.3) is 10.6 Å². The minimum absolute atomic E-state index is 0. The molecule has 2 rings (SSSR count). The summed E-state index contributed by atoms with van der Waals surface area (Å²) in [6, 6.07) is 7.45. The van der Waals surface area contributed by atoms with Gasteiger partial charge in [-0.3, -0.25) is 4.79 Å². The first-order valence-corrected chi connectivity index (χ1v) is 7.67. The topological polar surface area (TPSA) is 54.0 Å². The summed E-state index contributed by atoms with van der Waals surface area (Å²) in [5, 5.41) is 9.19. The summed E-state index contributed by atoms with van der Waals surface area (Å²) < 4.78 is 0. The normalized spacial score (nSPS) is 9.55. The molecule has 1 aromatic heterocycles. The third kappa shape index (κ3) is 6.10. The summed E-state index contributed by atoms with van der Waals surface area (Å²) >= 11 is 7.39. The van der Waals surface area contributed by atoms with Gasteiger partial charge in [0.15, 0.2) is 0 Å². The molecule has 0 aliphatic carbocycles. The smallest absolute Gasteiger partial charge is 0.270 e. The number of halogens is 3. The predicted molar refractivity (Wildman–Crippen MR) is 97.9 cm³/mol. The van der Waals surface area contributed by atoms with Crippen molar-refractivity contribution in [1.82, 2.24) is 15.6 Å². The number of aromatic nitrogens is 1. The molecule has 0 radical (unpaired) electrons. The zero-order valence-electron chi connectivity index (χ0n) is 12.0. The number of hydrogen-bond acceptors (Lipinski definition) is 4. The van der Waals surface area contributed by atoms with Crippen molar-refractivity contribution in [2.75, 3.05) is 19.6 Å². The average Bonchev–Trinajstić information content (AvgIpc) is 2.93. The van der Waals surface area contributed by atoms with E-state index in [2.05, 4.69) is 15.6 Å². The summed E-state index contributed by atoms with van der Waals surface area (Å²) in [4.78, 5) is 16.2. The van der Waals surface area contributed by atoms with Crippen molar-refractivity contribution >= 4 is 53.7 Å². The van der Waals surface area contributed by atoms with Crippen LogP contribution in [-0.2, 0) is 0 Å². The Morgan fingerprint density at radius 1 is 1.32 bits per heavy atom. The molecule has 2 N–H and O–H groups in total. The maximum atomic E-state index is 11.9. The van der Waals surface area contributed by atoms with E-state index >= 15 is 0 Å². The summed E-state index contributed by atoms with van der Waals surface area (Å²) in [7, 11) is 0. The van der Waals surface area contributed by atoms with Gasteiger partial charge in [-0.2, -0.15) is 0 Å². The van der Waals surface area contributed by atoms with Crippen molar-refractivity contribution in [2.24, 2.45) is 0 Å². The Labute approximate surface area is 151 Å². The quantitative estimate of drug-likeness (QED) is 0.750. The fourth-order valence-electron chi connectivity index (χ4n) is 1.66. The van der Waals surface area contributed by atoms with Crippen molar-refractivity contribution < 1.29 is 4.79 Å². The lowest BCUT2D eigenvalue weighted by Gasteiger charge is -2.03. The molecule has 0 bridgehead atoms. The van der Waals surface area contributed by atoms with Crippen LogP contribution in [0.3, 0.4) is 0 Å². The van der Waals surface area contributed by atoms with Gasteiger partial charge in [-0.15, -0.1) is 36.2 Å². The van der Waals surface area contributed by atoms with Crippen molar-refractivity contribution in [1.29, 1.82) is 0 Å². The van der Waals surface area contributed by atoms with Crippen molar-refractivity contribution in [3.05, 3.63) is 40.4 Å². The molecular formula is C14H18Cl3N3OS. The molecular weight excluding hydrogens is 365 g/mol. The van der Waals surface area contributed by atoms with E-state index < -0.39 is 0 Å². The second-order valence-electron chi connectivity index (χ2n) is 4.16. The molecule has 0 fully saturated rings. The lowest BCUT2D eigenvalue weighted by atomic mass is 10.2. The molecule has 1 aromatic carbocycles. The molecule has 2 aromatic rings. The summed E-state index contributed by atoms with van der Waals surface area (Å²) in [6.45, 7) is 4.27. The molecule has 122 valence electrons. The van der Waals surface area contributed by atoms with Gasteiger partial charge in [-0.25, -0.2) is 4.98 Å². The highest BCUT2D eigenvalue weighted by molar-refractivity contribution is 7.13. The summed E-state index contributed by atoms with van der Waals surface area (Å²) in [5.74, 6) is -0.146. The number of rotatable bonds is 6. The largest absolute Gasteiger partial charge is 0.349 e. The standard InChI is InChI=1S/C14H16ClN3OS.2ClH/c1-2-16-6-7-17-13(19)12-9-20-14(18-12)10-4-3-5-11(15)8-10;;/h3-5,8-9,16H,2,6-7H2,1H3,(H,17,19);2*1H. The summed E-state index contributed by atoms with van der Waals surface area (Å²) in [5.41, 5.74) is 1.37. The highest BCUT2D eigenvalue weighted by Gasteiger charge is 2.11. The van der Waals surface area contributed by atoms with Crippen LogP contribution in [0, 0.1) is 0 Å². The van der Waals surface area contributed by atoms with E-state index in [0.717, 1.165) is 23.7 Å². The lowest BCUT2D eigenvalue weighted by Crippen LogP contribution is -2.31. The summed E-state index contributed by atoms with van der Waals surface area (Å²) in [6.07, 6.45) is 0. The van der Waals surface area contributed by atoms with Gasteiger partial charge in [-0.05, 0) is 18.7 Å². The molecule has 0 atom stereocenters. The van der Waals surface area contributed by atoms with Crippen LogP contribution in [0.5, 0.6) is 0 Å². The number of thiazole rings is 1. The third-order valence-corrected chi connectivity index (χ3v) is 3.77. The van der Waals surface area contributed by atoms with Crippen molar-refractivity contribution in [3.8, 4) is 10.6 Å². The van der Waals surface area contributed by atoms with Crippen LogP contribution >= 0.6 is 47.8 Å². The second kappa shape index (κ2) is 10.8. The Kier molecular flexibility index (Phi) is 10.4. The highest BCUT2D eigenvalue weighted by atomic mass is 35.5. The minimum atomic E-state index is -0.146. The van der Waals surface area contributed by atoms with E-state index in [4.69, 9.17) is 11.6 Å². The van der Waals surface area contributed by atoms with E-state index in [0.29, 0.717) is 17.3 Å². The minimum Gasteiger partial charge on any atom is -0.349 e. The van der Waals surface area contributed by atoms with Crippen LogP contribution in [-0.4, -0.2) is 30.5 Å². The maximum absolute atomic E-state index is 11.9. The molecule has 0 saturated carbocycles. The van der Waals surface area contributed by atoms with Crippen LogP contribution in [0.2, 0.25) is 5.02 Å². The SMILES string of the molecule is CCNCCNC(=O)c1csc(-c2cccc(Cl)c2)n1.Cl.Cl. The van der Waals surface area contributed by atoms with E-state index in [1.54, 1.807) is 5.38 Å². The molecule has 0 spiro atoms. The van der Waals surface area contributed by atoms with Gasteiger partial charge in [0.1, 0.15) is 10.7 Å². The number of nitrogens with one attached hydrogen (secondary N) is 2. The van der Waals surface area contributed by atoms with Gasteiger partial charge in [-0.1, -0.05) is 30.7 Å². The van der Waals surface area contributed by atoms with Crippen LogP contribution in [0.4, 0.5) is 0 Å². The van der Waals surface area contributed by atoms with E-state index in [1.165, 1.54) is 11.3 Å². The second-order valence-corrected chi connectivity index (χ2v) is 5.45. The van der Waals surface area contributed by atoms with Gasteiger partial charge in [0, 0.05) is 29.1 Å². The number of benzene rings is 1. The molecule has 0 saturated heterocycles. The zero-order valence-corrected chi connectivity index (χ0v) is 15.2. The Morgan fingerprint density at radius 3 is 2.77 bits per heavy atom. The van der Waals surface area contributed by atoms with E-state index in [9.17, 15) is 4.79 Å². The number of carbonyl (C=O) groups is 1. The van der Waals surface area contributed by atoms with Crippen LogP contribution < -0.4 is 10.6 Å². The number of amides is 1. The Bertz CT molecular complexity index is 592. The van der Waals surface area contributed by atoms with Gasteiger partial charge in [0.25, 0.3) is 5.91 Å². The lowest BCUT2D eigenvalue weighted by molar-refractivity contribution is 0.0950. The van der Waals surface area contributed by atoms with E-state index in [-0.39, 0.29) is 30.7 Å². The third-order valence-electron chi connectivity index (χ3n) is 2.65. The van der Waals surface area contributed by atoms with Crippen LogP contribution in [0.15, 0.2) is 29.6 Å². The van der Waals surface area contributed by atoms with Crippen molar-refractivity contribution in [2.45, 2.75) is 6.92 Å². The van der Waals surface area contributed by atoms with Crippen LogP contribution in [0.1, 0.15) is 17.4 Å². The fraction of sp³-hybridized carbons (Fsp3) is 0.286. The number of likely N-dealkylation sites (N-methyl/N-ethyl adjacent to an activating group) is 1. The van der Waals surface area contributed by atoms with Gasteiger partial charge >= 0.3 is 0 Å². The number of hydrogen-bond donors (Lipinski definition) is 2. The maximum Gasteiger partial charge on any atom is 0.270 e. The molecule has 0 unspecified atom stereocenters. The molecule has 1 amide bonds. The fourth-order valence-corrected chi connectivity index (χ4v) is 2.65. The van der Waals surface area contributed by atoms with E-state index in [1.807, 2.05) is 31.2 Å². The molecule has 0 aliphatic rings. The molecule has 0 aliphatic heterocycles. The van der Waals surface area contributed by atoms with Gasteiger partial charge in [0.05, 0.1) is 0 Å². The highest BCUT2D eigenvalue weighted by Crippen LogP contribution is 2.25. The first kappa shape index (κ1) is 21.1. The van der Waals surface area contributed by atoms with Gasteiger partial charge in [0.2, 0.25) is 0 Å². The monoisotopic (exact) mass is 381 g/mol. The first-order valence-electron chi connectivity index (χ1n) is 6.41. The average molecular weight is 383 g/mol. The Hall–Kier alpha value is -0.850. The van der Waals surface area contributed by atoms with Crippen molar-refractivity contribution in [3.63, 3.8) is 0 Å². The Balaban J connectivity index is 0.00000220. The predicted octanol–water partition coefficient (Wildman–Crippen LogP) is 3.65. The first-order chi connectivity index (χ1) is 9.70. The zero-order chi connectivity index (χ0) is 14.4. The molecule has 1 heterocycles. The number of nitrogens with zero attached hydrogens (tertiary/aromatic N) is 1.